The van der Waals surface area contributed by atoms with Crippen molar-refractivity contribution in [3.8, 4) is 11.4 Å². The first-order chi connectivity index (χ1) is 20.8. The average molecular weight is 606 g/mol. The molecule has 3 N–H and O–H groups in total. The Bertz CT molecular complexity index is 1530. The first-order valence-electron chi connectivity index (χ1n) is 13.6. The molecule has 5 rings (SSSR count). The number of aromatic nitrogens is 4. The maximum Gasteiger partial charge on any atom is 0.303 e. The summed E-state index contributed by atoms with van der Waals surface area (Å²) in [5, 5.41) is 34.5. The van der Waals surface area contributed by atoms with Crippen LogP contribution in [0.25, 0.3) is 5.69 Å². The minimum atomic E-state index is -0.923. The van der Waals surface area contributed by atoms with Crippen molar-refractivity contribution in [1.29, 1.82) is 0 Å². The van der Waals surface area contributed by atoms with Crippen LogP contribution < -0.4 is 5.32 Å². The zero-order valence-corrected chi connectivity index (χ0v) is 24.3. The molecular formula is C30H31N5O7S. The number of hydrogen-bond acceptors (Lipinski definition) is 11. The number of aromatic hydroxyl groups is 1. The van der Waals surface area contributed by atoms with Gasteiger partial charge in [-0.3, -0.25) is 9.59 Å². The zero-order chi connectivity index (χ0) is 30.3. The Kier molecular flexibility index (Phi) is 9.67. The number of aliphatic hydroxyl groups excluding tert-OH is 1. The van der Waals surface area contributed by atoms with Gasteiger partial charge in [-0.2, -0.15) is 4.68 Å². The molecule has 1 aliphatic heterocycles. The highest BCUT2D eigenvalue weighted by Crippen LogP contribution is 2.39. The van der Waals surface area contributed by atoms with E-state index in [1.807, 2.05) is 36.4 Å². The number of carbonyl (C=O) groups excluding carboxylic acids is 2. The highest BCUT2D eigenvalue weighted by atomic mass is 32.2. The average Bonchev–Trinajstić information content (AvgIpc) is 3.49. The van der Waals surface area contributed by atoms with Crippen molar-refractivity contribution in [2.75, 3.05) is 11.1 Å². The van der Waals surface area contributed by atoms with E-state index in [0.717, 1.165) is 16.7 Å². The number of carbonyl (C=O) groups is 2. The van der Waals surface area contributed by atoms with Gasteiger partial charge in [-0.15, -0.1) is 5.10 Å². The fourth-order valence-corrected chi connectivity index (χ4v) is 5.39. The lowest BCUT2D eigenvalue weighted by Gasteiger charge is -2.36. The van der Waals surface area contributed by atoms with E-state index in [1.165, 1.54) is 25.6 Å². The Hall–Kier alpha value is -4.30. The van der Waals surface area contributed by atoms with Gasteiger partial charge in [0.2, 0.25) is 5.16 Å². The number of benzene rings is 3. The smallest absolute Gasteiger partial charge is 0.303 e. The van der Waals surface area contributed by atoms with Crippen molar-refractivity contribution < 1.29 is 34.0 Å². The summed E-state index contributed by atoms with van der Waals surface area (Å²) in [4.78, 5) is 23.5. The van der Waals surface area contributed by atoms with Crippen LogP contribution >= 0.6 is 11.8 Å². The van der Waals surface area contributed by atoms with E-state index in [0.29, 0.717) is 28.7 Å². The van der Waals surface area contributed by atoms with Crippen LogP contribution in [0.4, 0.5) is 5.69 Å². The molecule has 13 heteroatoms. The van der Waals surface area contributed by atoms with Crippen LogP contribution in [-0.2, 0) is 30.4 Å². The Labute approximate surface area is 252 Å². The number of anilines is 1. The summed E-state index contributed by atoms with van der Waals surface area (Å²) in [6, 6.07) is 21.3. The predicted octanol–water partition coefficient (Wildman–Crippen LogP) is 4.09. The van der Waals surface area contributed by atoms with Gasteiger partial charge in [-0.05, 0) is 64.9 Å². The second-order valence-corrected chi connectivity index (χ2v) is 10.9. The second-order valence-electron chi connectivity index (χ2n) is 9.91. The summed E-state index contributed by atoms with van der Waals surface area (Å²) in [6.45, 7) is 2.71. The molecule has 43 heavy (non-hydrogen) atoms. The summed E-state index contributed by atoms with van der Waals surface area (Å²) < 4.78 is 19.3. The number of phenolic OH excluding ortho intramolecular Hbond substituents is 1. The Morgan fingerprint density at radius 1 is 1.05 bits per heavy atom. The molecule has 0 unspecified atom stereocenters. The number of nitrogens with zero attached hydrogens (tertiary/aromatic N) is 4. The maximum absolute atomic E-state index is 12.3. The van der Waals surface area contributed by atoms with E-state index < -0.39 is 24.3 Å². The third-order valence-corrected chi connectivity index (χ3v) is 7.76. The topological polar surface area (TPSA) is 158 Å². The maximum atomic E-state index is 12.3. The van der Waals surface area contributed by atoms with Gasteiger partial charge < -0.3 is 29.7 Å². The molecule has 0 bridgehead atoms. The van der Waals surface area contributed by atoms with E-state index in [9.17, 15) is 19.8 Å². The van der Waals surface area contributed by atoms with Gasteiger partial charge in [0.25, 0.3) is 5.91 Å². The van der Waals surface area contributed by atoms with E-state index in [2.05, 4.69) is 20.8 Å². The van der Waals surface area contributed by atoms with Crippen LogP contribution in [0.1, 0.15) is 49.4 Å². The fourth-order valence-electron chi connectivity index (χ4n) is 4.48. The molecule has 4 aromatic rings. The van der Waals surface area contributed by atoms with Crippen molar-refractivity contribution >= 4 is 29.3 Å². The highest BCUT2D eigenvalue weighted by molar-refractivity contribution is 7.99. The molecule has 1 amide bonds. The number of nitrogens with one attached hydrogen (secondary N) is 1. The fraction of sp³-hybridized carbons (Fsp3) is 0.300. The molecule has 1 aliphatic rings. The molecule has 1 saturated heterocycles. The SMILES string of the molecule is CC(=O)O[C@@H](C)C(=O)Nc1ccc([C@@H]2O[C@H](CSc3nnnn3-c3ccc(O)cc3)C[C@H](c3ccc(CO)cc3)O2)cc1. The molecular weight excluding hydrogens is 574 g/mol. The summed E-state index contributed by atoms with van der Waals surface area (Å²) in [6.07, 6.45) is -1.56. The number of tetrazole rings is 1. The molecule has 12 nitrogen and oxygen atoms in total. The summed E-state index contributed by atoms with van der Waals surface area (Å²) in [5.41, 5.74) is 3.77. The van der Waals surface area contributed by atoms with Crippen LogP contribution in [0.5, 0.6) is 5.75 Å². The first-order valence-corrected chi connectivity index (χ1v) is 14.6. The summed E-state index contributed by atoms with van der Waals surface area (Å²) in [7, 11) is 0. The lowest BCUT2D eigenvalue weighted by atomic mass is 10.0. The quantitative estimate of drug-likeness (QED) is 0.177. The van der Waals surface area contributed by atoms with Gasteiger partial charge in [-0.1, -0.05) is 48.2 Å². The predicted molar refractivity (Wildman–Crippen MR) is 156 cm³/mol. The molecule has 0 saturated carbocycles. The Balaban J connectivity index is 1.31. The van der Waals surface area contributed by atoms with Crippen LogP contribution in [0.3, 0.4) is 0 Å². The molecule has 224 valence electrons. The summed E-state index contributed by atoms with van der Waals surface area (Å²) >= 11 is 1.44. The number of phenols is 1. The molecule has 1 aromatic heterocycles. The van der Waals surface area contributed by atoms with Gasteiger partial charge >= 0.3 is 5.97 Å². The van der Waals surface area contributed by atoms with Crippen LogP contribution in [0, 0.1) is 0 Å². The van der Waals surface area contributed by atoms with E-state index >= 15 is 0 Å². The van der Waals surface area contributed by atoms with Crippen molar-refractivity contribution in [2.45, 2.75) is 56.6 Å². The third-order valence-electron chi connectivity index (χ3n) is 6.71. The van der Waals surface area contributed by atoms with Crippen molar-refractivity contribution in [3.63, 3.8) is 0 Å². The molecule has 0 radical (unpaired) electrons. The largest absolute Gasteiger partial charge is 0.508 e. The van der Waals surface area contributed by atoms with E-state index in [1.54, 1.807) is 41.1 Å². The number of rotatable bonds is 10. The normalized spacial score (nSPS) is 19.0. The van der Waals surface area contributed by atoms with Gasteiger partial charge in [0.05, 0.1) is 24.5 Å². The van der Waals surface area contributed by atoms with Crippen LogP contribution in [-0.4, -0.2) is 60.3 Å². The van der Waals surface area contributed by atoms with Gasteiger partial charge in [-0.25, -0.2) is 0 Å². The molecule has 0 aliphatic carbocycles. The van der Waals surface area contributed by atoms with Crippen LogP contribution in [0.15, 0.2) is 78.0 Å². The minimum Gasteiger partial charge on any atom is -0.508 e. The minimum absolute atomic E-state index is 0.0465. The molecule has 4 atom stereocenters. The second kappa shape index (κ2) is 13.8. The van der Waals surface area contributed by atoms with Gasteiger partial charge in [0, 0.05) is 30.3 Å². The lowest BCUT2D eigenvalue weighted by Crippen LogP contribution is -2.31. The van der Waals surface area contributed by atoms with Crippen molar-refractivity contribution in [1.82, 2.24) is 20.2 Å². The van der Waals surface area contributed by atoms with Crippen molar-refractivity contribution in [2.24, 2.45) is 0 Å². The molecule has 1 fully saturated rings. The highest BCUT2D eigenvalue weighted by Gasteiger charge is 2.33. The number of thioether (sulfide) groups is 1. The number of ether oxygens (including phenoxy) is 3. The third kappa shape index (κ3) is 7.76. The molecule has 3 aromatic carbocycles. The Morgan fingerprint density at radius 3 is 2.42 bits per heavy atom. The van der Waals surface area contributed by atoms with Gasteiger partial charge in [0.15, 0.2) is 12.4 Å². The standard InChI is InChI=1S/C30H31N5O7S/c1-18(40-19(2)37)28(39)31-23-9-7-22(8-10-23)29-41-26(15-27(42-29)21-5-3-20(16-36)4-6-21)17-43-30-32-33-34-35(30)24-11-13-25(38)14-12-24/h3-14,18,26-27,29,36,38H,15-17H2,1-2H3,(H,31,39)/t18-,26-,27+,29+/m0/s1. The number of esters is 1. The number of hydrogen-bond donors (Lipinski definition) is 3. The first kappa shape index (κ1) is 30.2. The number of aliphatic hydroxyl groups is 1. The molecule has 2 heterocycles. The zero-order valence-electron chi connectivity index (χ0n) is 23.5. The van der Waals surface area contributed by atoms with E-state index in [-0.39, 0.29) is 24.6 Å². The molecule has 0 spiro atoms. The Morgan fingerprint density at radius 2 is 1.74 bits per heavy atom. The van der Waals surface area contributed by atoms with E-state index in [4.69, 9.17) is 14.2 Å². The lowest BCUT2D eigenvalue weighted by molar-refractivity contribution is -0.245. The monoisotopic (exact) mass is 605 g/mol. The number of amides is 1. The van der Waals surface area contributed by atoms with Crippen molar-refractivity contribution in [3.05, 3.63) is 89.5 Å². The van der Waals surface area contributed by atoms with Crippen LogP contribution in [0.2, 0.25) is 0 Å². The summed E-state index contributed by atoms with van der Waals surface area (Å²) in [5.74, 6) is -0.287. The van der Waals surface area contributed by atoms with Gasteiger partial charge in [0.1, 0.15) is 5.75 Å².